The number of alkyl halides is 1. The van der Waals surface area contributed by atoms with Gasteiger partial charge in [-0.1, -0.05) is 29.8 Å². The highest BCUT2D eigenvalue weighted by Crippen LogP contribution is 2.11. The van der Waals surface area contributed by atoms with Crippen molar-refractivity contribution in [2.24, 2.45) is 5.92 Å². The molecule has 0 radical (unpaired) electrons. The monoisotopic (exact) mass is 281 g/mol. The van der Waals surface area contributed by atoms with Crippen LogP contribution in [0.25, 0.3) is 0 Å². The second-order valence-corrected chi connectivity index (χ2v) is 6.05. The van der Waals surface area contributed by atoms with Crippen molar-refractivity contribution in [2.75, 3.05) is 18.6 Å². The lowest BCUT2D eigenvalue weighted by molar-refractivity contribution is -0.120. The minimum Gasteiger partial charge on any atom is -0.355 e. The molecular formula is C10H20BrNOS. The van der Waals surface area contributed by atoms with E-state index in [0.717, 1.165) is 18.7 Å². The number of hydrogen-bond donors (Lipinski definition) is 1. The zero-order valence-corrected chi connectivity index (χ0v) is 11.6. The van der Waals surface area contributed by atoms with Crippen LogP contribution in [0.3, 0.4) is 0 Å². The SMILES string of the molecule is CSCCC(=O)NCC(Br)CC(C)C. The number of carbonyl (C=O) groups excluding carboxylic acids is 1. The Bertz CT molecular complexity index is 164. The number of hydrogen-bond acceptors (Lipinski definition) is 2. The summed E-state index contributed by atoms with van der Waals surface area (Å²) in [5.41, 5.74) is 0. The second-order valence-electron chi connectivity index (χ2n) is 3.77. The van der Waals surface area contributed by atoms with E-state index in [4.69, 9.17) is 0 Å². The molecule has 1 atom stereocenters. The molecule has 0 aliphatic rings. The molecule has 2 nitrogen and oxygen atoms in total. The smallest absolute Gasteiger partial charge is 0.220 e. The Morgan fingerprint density at radius 1 is 1.50 bits per heavy atom. The van der Waals surface area contributed by atoms with E-state index in [2.05, 4.69) is 35.1 Å². The van der Waals surface area contributed by atoms with E-state index in [-0.39, 0.29) is 5.91 Å². The molecule has 0 saturated heterocycles. The molecule has 84 valence electrons. The van der Waals surface area contributed by atoms with Crippen molar-refractivity contribution in [2.45, 2.75) is 31.5 Å². The third-order valence-corrected chi connectivity index (χ3v) is 3.09. The predicted octanol–water partition coefficient (Wildman–Crippen LogP) is 2.67. The number of nitrogens with one attached hydrogen (secondary N) is 1. The summed E-state index contributed by atoms with van der Waals surface area (Å²) in [6, 6.07) is 0. The van der Waals surface area contributed by atoms with Crippen molar-refractivity contribution in [1.29, 1.82) is 0 Å². The van der Waals surface area contributed by atoms with Gasteiger partial charge in [0.1, 0.15) is 0 Å². The van der Waals surface area contributed by atoms with E-state index in [0.29, 0.717) is 17.2 Å². The molecule has 4 heteroatoms. The number of carbonyl (C=O) groups is 1. The maximum atomic E-state index is 11.2. The van der Waals surface area contributed by atoms with Crippen LogP contribution in [0.4, 0.5) is 0 Å². The van der Waals surface area contributed by atoms with Gasteiger partial charge in [-0.05, 0) is 18.6 Å². The largest absolute Gasteiger partial charge is 0.355 e. The minimum atomic E-state index is 0.160. The Labute approximate surface area is 99.7 Å². The molecule has 0 spiro atoms. The highest BCUT2D eigenvalue weighted by atomic mass is 79.9. The van der Waals surface area contributed by atoms with Crippen LogP contribution >= 0.6 is 27.7 Å². The fourth-order valence-corrected chi connectivity index (χ4v) is 2.40. The Balaban J connectivity index is 3.45. The van der Waals surface area contributed by atoms with Crippen molar-refractivity contribution < 1.29 is 4.79 Å². The van der Waals surface area contributed by atoms with Crippen LogP contribution in [0.5, 0.6) is 0 Å². The third kappa shape index (κ3) is 8.88. The molecule has 1 N–H and O–H groups in total. The predicted molar refractivity (Wildman–Crippen MR) is 68.2 cm³/mol. The highest BCUT2D eigenvalue weighted by molar-refractivity contribution is 9.09. The molecule has 1 unspecified atom stereocenters. The molecule has 0 heterocycles. The zero-order valence-electron chi connectivity index (χ0n) is 9.18. The molecule has 0 aliphatic carbocycles. The van der Waals surface area contributed by atoms with Crippen molar-refractivity contribution in [3.8, 4) is 0 Å². The van der Waals surface area contributed by atoms with Crippen LogP contribution in [-0.4, -0.2) is 29.3 Å². The van der Waals surface area contributed by atoms with Gasteiger partial charge in [-0.25, -0.2) is 0 Å². The summed E-state index contributed by atoms with van der Waals surface area (Å²) in [5.74, 6) is 1.73. The quantitative estimate of drug-likeness (QED) is 0.727. The van der Waals surface area contributed by atoms with Crippen LogP contribution in [0.15, 0.2) is 0 Å². The molecule has 0 aromatic heterocycles. The molecule has 0 bridgehead atoms. The topological polar surface area (TPSA) is 29.1 Å². The summed E-state index contributed by atoms with van der Waals surface area (Å²) in [6.45, 7) is 5.11. The Morgan fingerprint density at radius 2 is 2.14 bits per heavy atom. The molecule has 0 rings (SSSR count). The maximum Gasteiger partial charge on any atom is 0.220 e. The van der Waals surface area contributed by atoms with Crippen LogP contribution < -0.4 is 5.32 Å². The number of amides is 1. The van der Waals surface area contributed by atoms with Crippen LogP contribution in [0, 0.1) is 5.92 Å². The molecule has 14 heavy (non-hydrogen) atoms. The van der Waals surface area contributed by atoms with E-state index in [9.17, 15) is 4.79 Å². The van der Waals surface area contributed by atoms with Gasteiger partial charge in [-0.2, -0.15) is 11.8 Å². The van der Waals surface area contributed by atoms with Crippen molar-refractivity contribution in [3.63, 3.8) is 0 Å². The number of thioether (sulfide) groups is 1. The third-order valence-electron chi connectivity index (χ3n) is 1.78. The molecule has 1 amide bonds. The van der Waals surface area contributed by atoms with Gasteiger partial charge in [0.25, 0.3) is 0 Å². The molecule has 0 fully saturated rings. The molecule has 0 saturated carbocycles. The van der Waals surface area contributed by atoms with Gasteiger partial charge in [-0.15, -0.1) is 0 Å². The lowest BCUT2D eigenvalue weighted by Crippen LogP contribution is -2.30. The average Bonchev–Trinajstić information content (AvgIpc) is 2.10. The van der Waals surface area contributed by atoms with Crippen LogP contribution in [0.2, 0.25) is 0 Å². The summed E-state index contributed by atoms with van der Waals surface area (Å²) in [4.78, 5) is 11.7. The summed E-state index contributed by atoms with van der Waals surface area (Å²) in [6.07, 6.45) is 3.74. The van der Waals surface area contributed by atoms with Crippen molar-refractivity contribution in [1.82, 2.24) is 5.32 Å². The van der Waals surface area contributed by atoms with E-state index < -0.39 is 0 Å². The van der Waals surface area contributed by atoms with E-state index in [1.54, 1.807) is 11.8 Å². The Kier molecular flexibility index (Phi) is 8.78. The molecule has 0 aromatic rings. The van der Waals surface area contributed by atoms with Crippen molar-refractivity contribution in [3.05, 3.63) is 0 Å². The van der Waals surface area contributed by atoms with Gasteiger partial charge in [0.15, 0.2) is 0 Å². The minimum absolute atomic E-state index is 0.160. The van der Waals surface area contributed by atoms with Crippen LogP contribution in [-0.2, 0) is 4.79 Å². The number of rotatable bonds is 7. The first-order valence-electron chi connectivity index (χ1n) is 4.96. The Hall–Kier alpha value is 0.300. The second kappa shape index (κ2) is 8.60. The van der Waals surface area contributed by atoms with Gasteiger partial charge in [-0.3, -0.25) is 4.79 Å². The summed E-state index contributed by atoms with van der Waals surface area (Å²) in [7, 11) is 0. The summed E-state index contributed by atoms with van der Waals surface area (Å²) in [5, 5.41) is 2.92. The lowest BCUT2D eigenvalue weighted by atomic mass is 10.1. The van der Waals surface area contributed by atoms with Gasteiger partial charge in [0, 0.05) is 23.5 Å². The van der Waals surface area contributed by atoms with Crippen molar-refractivity contribution >= 4 is 33.6 Å². The highest BCUT2D eigenvalue weighted by Gasteiger charge is 2.08. The molecular weight excluding hydrogens is 262 g/mol. The first-order chi connectivity index (χ1) is 6.56. The molecule has 0 aromatic carbocycles. The van der Waals surface area contributed by atoms with Gasteiger partial charge in [0.05, 0.1) is 0 Å². The number of halogens is 1. The maximum absolute atomic E-state index is 11.2. The summed E-state index contributed by atoms with van der Waals surface area (Å²) >= 11 is 5.26. The normalized spacial score (nSPS) is 12.9. The van der Waals surface area contributed by atoms with Gasteiger partial charge >= 0.3 is 0 Å². The van der Waals surface area contributed by atoms with Gasteiger partial charge in [0.2, 0.25) is 5.91 Å². The van der Waals surface area contributed by atoms with E-state index in [1.807, 2.05) is 6.26 Å². The first-order valence-corrected chi connectivity index (χ1v) is 7.27. The standard InChI is InChI=1S/C10H20BrNOS/c1-8(2)6-9(11)7-12-10(13)4-5-14-3/h8-9H,4-7H2,1-3H3,(H,12,13). The fourth-order valence-electron chi connectivity index (χ4n) is 1.10. The lowest BCUT2D eigenvalue weighted by Gasteiger charge is -2.12. The van der Waals surface area contributed by atoms with Crippen LogP contribution in [0.1, 0.15) is 26.7 Å². The average molecular weight is 282 g/mol. The zero-order chi connectivity index (χ0) is 11.0. The van der Waals surface area contributed by atoms with E-state index >= 15 is 0 Å². The molecule has 0 aliphatic heterocycles. The summed E-state index contributed by atoms with van der Waals surface area (Å²) < 4.78 is 0. The van der Waals surface area contributed by atoms with E-state index in [1.165, 1.54) is 0 Å². The Morgan fingerprint density at radius 3 is 2.64 bits per heavy atom. The first kappa shape index (κ1) is 14.3. The van der Waals surface area contributed by atoms with Gasteiger partial charge < -0.3 is 5.32 Å². The fraction of sp³-hybridized carbons (Fsp3) is 0.900.